The molecule has 0 aromatic heterocycles. The monoisotopic (exact) mass is 594 g/mol. The summed E-state index contributed by atoms with van der Waals surface area (Å²) < 4.78 is 0. The highest BCUT2D eigenvalue weighted by atomic mass is 16.3. The summed E-state index contributed by atoms with van der Waals surface area (Å²) in [5, 5.41) is 31.9. The van der Waals surface area contributed by atoms with Gasteiger partial charge in [-0.3, -0.25) is 0 Å². The number of rotatable bonds is 0. The molecule has 0 radical (unpaired) electrons. The van der Waals surface area contributed by atoms with Gasteiger partial charge in [0.05, 0.1) is 18.3 Å². The molecule has 8 rings (SSSR count). The van der Waals surface area contributed by atoms with Crippen LogP contribution in [0.15, 0.2) is 24.3 Å². The third kappa shape index (κ3) is 4.55. The SMILES string of the molecule is C[C@]12C=C[C@H](N)C[C@H]1CC[C@@H]1[C@@H]2CC[C@]2(C)[C@@H](O)CC[C@@H]12.C[C@]12C=C[C@H](N)C[C@H]1C[C@H](O)[C@@H]1[C@@H]2CC[C@]2(C)[C@@H](O)CC[C@@H]12. The van der Waals surface area contributed by atoms with Crippen molar-refractivity contribution in [3.05, 3.63) is 24.3 Å². The van der Waals surface area contributed by atoms with Crippen molar-refractivity contribution in [3.63, 3.8) is 0 Å². The van der Waals surface area contributed by atoms with Gasteiger partial charge in [-0.1, -0.05) is 52.0 Å². The van der Waals surface area contributed by atoms with Gasteiger partial charge in [-0.25, -0.2) is 0 Å². The average molecular weight is 595 g/mol. The van der Waals surface area contributed by atoms with Crippen LogP contribution in [0.2, 0.25) is 0 Å². The first-order chi connectivity index (χ1) is 20.3. The van der Waals surface area contributed by atoms with Gasteiger partial charge in [-0.2, -0.15) is 0 Å². The maximum atomic E-state index is 10.9. The van der Waals surface area contributed by atoms with E-state index in [9.17, 15) is 15.3 Å². The van der Waals surface area contributed by atoms with Gasteiger partial charge in [-0.05, 0) is 152 Å². The van der Waals surface area contributed by atoms with Gasteiger partial charge in [0.25, 0.3) is 0 Å². The molecular formula is C38H62N2O3. The second-order valence-electron chi connectivity index (χ2n) is 18.0. The normalized spacial score (nSPS) is 59.9. The van der Waals surface area contributed by atoms with Gasteiger partial charge in [-0.15, -0.1) is 0 Å². The van der Waals surface area contributed by atoms with E-state index in [1.807, 2.05) is 0 Å². The molecule has 242 valence electrons. The van der Waals surface area contributed by atoms with E-state index in [1.165, 1.54) is 38.5 Å². The zero-order valence-electron chi connectivity index (χ0n) is 27.5. The molecule has 7 N–H and O–H groups in total. The fraction of sp³-hybridized carbons (Fsp3) is 0.895. The van der Waals surface area contributed by atoms with Crippen LogP contribution in [-0.2, 0) is 0 Å². The predicted molar refractivity (Wildman–Crippen MR) is 173 cm³/mol. The van der Waals surface area contributed by atoms with E-state index in [2.05, 4.69) is 52.0 Å². The number of hydrogen-bond donors (Lipinski definition) is 5. The van der Waals surface area contributed by atoms with Gasteiger partial charge < -0.3 is 26.8 Å². The van der Waals surface area contributed by atoms with Crippen molar-refractivity contribution in [2.75, 3.05) is 0 Å². The topological polar surface area (TPSA) is 113 Å². The number of aliphatic hydroxyl groups is 3. The van der Waals surface area contributed by atoms with Crippen LogP contribution in [-0.4, -0.2) is 45.7 Å². The highest BCUT2D eigenvalue weighted by Crippen LogP contribution is 2.66. The minimum absolute atomic E-state index is 0.0279. The summed E-state index contributed by atoms with van der Waals surface area (Å²) in [7, 11) is 0. The van der Waals surface area contributed by atoms with Crippen molar-refractivity contribution in [1.29, 1.82) is 0 Å². The second-order valence-corrected chi connectivity index (χ2v) is 18.0. The molecule has 0 amide bonds. The van der Waals surface area contributed by atoms with Crippen molar-refractivity contribution in [1.82, 2.24) is 0 Å². The largest absolute Gasteiger partial charge is 0.393 e. The molecule has 5 heteroatoms. The molecule has 6 saturated carbocycles. The molecule has 17 atom stereocenters. The minimum Gasteiger partial charge on any atom is -0.393 e. The summed E-state index contributed by atoms with van der Waals surface area (Å²) in [6.07, 6.45) is 23.8. The second kappa shape index (κ2) is 10.7. The number of aliphatic hydroxyl groups excluding tert-OH is 3. The zero-order chi connectivity index (χ0) is 30.5. The molecule has 5 nitrogen and oxygen atoms in total. The molecule has 0 unspecified atom stereocenters. The Morgan fingerprint density at radius 2 is 1.09 bits per heavy atom. The van der Waals surface area contributed by atoms with E-state index in [1.54, 1.807) is 0 Å². The Morgan fingerprint density at radius 1 is 0.558 bits per heavy atom. The van der Waals surface area contributed by atoms with Crippen LogP contribution < -0.4 is 11.5 Å². The quantitative estimate of drug-likeness (QED) is 0.222. The Kier molecular flexibility index (Phi) is 7.66. The Labute approximate surface area is 261 Å². The van der Waals surface area contributed by atoms with Crippen molar-refractivity contribution < 1.29 is 15.3 Å². The van der Waals surface area contributed by atoms with Gasteiger partial charge in [0.1, 0.15) is 0 Å². The summed E-state index contributed by atoms with van der Waals surface area (Å²) >= 11 is 0. The Hall–Kier alpha value is -0.720. The summed E-state index contributed by atoms with van der Waals surface area (Å²) in [5.74, 6) is 5.11. The van der Waals surface area contributed by atoms with Crippen LogP contribution in [0.25, 0.3) is 0 Å². The maximum absolute atomic E-state index is 10.9. The molecule has 8 aliphatic carbocycles. The van der Waals surface area contributed by atoms with E-state index < -0.39 is 0 Å². The maximum Gasteiger partial charge on any atom is 0.0596 e. The molecule has 0 aromatic carbocycles. The van der Waals surface area contributed by atoms with Crippen LogP contribution in [0, 0.1) is 69.0 Å². The molecule has 0 aliphatic heterocycles. The minimum atomic E-state index is -0.211. The lowest BCUT2D eigenvalue weighted by Crippen LogP contribution is -2.58. The van der Waals surface area contributed by atoms with Gasteiger partial charge in [0, 0.05) is 12.1 Å². The molecule has 0 heterocycles. The first-order valence-electron chi connectivity index (χ1n) is 18.3. The van der Waals surface area contributed by atoms with Crippen LogP contribution in [0.4, 0.5) is 0 Å². The molecule has 0 bridgehead atoms. The first-order valence-corrected chi connectivity index (χ1v) is 18.3. The Morgan fingerprint density at radius 3 is 1.74 bits per heavy atom. The molecule has 8 aliphatic rings. The lowest BCUT2D eigenvalue weighted by atomic mass is 9.45. The molecule has 43 heavy (non-hydrogen) atoms. The summed E-state index contributed by atoms with van der Waals surface area (Å²) in [4.78, 5) is 0. The van der Waals surface area contributed by atoms with Crippen molar-refractivity contribution in [2.24, 2.45) is 80.5 Å². The van der Waals surface area contributed by atoms with Gasteiger partial charge >= 0.3 is 0 Å². The number of allylic oxidation sites excluding steroid dienone is 2. The van der Waals surface area contributed by atoms with Gasteiger partial charge in [0.15, 0.2) is 0 Å². The Balaban J connectivity index is 0.000000140. The number of fused-ring (bicyclic) bond motifs is 10. The number of nitrogens with two attached hydrogens (primary N) is 2. The smallest absolute Gasteiger partial charge is 0.0596 e. The van der Waals surface area contributed by atoms with Crippen LogP contribution in [0.3, 0.4) is 0 Å². The lowest BCUT2D eigenvalue weighted by Gasteiger charge is -2.60. The van der Waals surface area contributed by atoms with Gasteiger partial charge in [0.2, 0.25) is 0 Å². The lowest BCUT2D eigenvalue weighted by molar-refractivity contribution is -0.146. The van der Waals surface area contributed by atoms with Crippen LogP contribution in [0.1, 0.15) is 111 Å². The van der Waals surface area contributed by atoms with E-state index >= 15 is 0 Å². The van der Waals surface area contributed by atoms with Crippen molar-refractivity contribution in [3.8, 4) is 0 Å². The van der Waals surface area contributed by atoms with E-state index in [-0.39, 0.29) is 46.6 Å². The summed E-state index contributed by atoms with van der Waals surface area (Å²) in [6.45, 7) is 9.54. The molecule has 6 fully saturated rings. The third-order valence-corrected chi connectivity index (χ3v) is 16.4. The standard InChI is InChI=1S/C19H31NO2.C19H31NO/c1-18-7-5-12(20)9-11(18)10-15(21)17-13-3-4-16(22)19(13,2)8-6-14(17)18;1-18-9-7-13(20)11-12(18)3-4-14-15-5-6-17(21)19(15,2)10-8-16(14)18/h5,7,11-17,21-22H,3-4,6,8-10,20H2,1-2H3;7,9,12-17,21H,3-6,8,10-11,20H2,1-2H3/t11-,12-,13-,14-,15-,16-,17-,18-,19-;12-,13+,14+,15+,16+,17+,18+,19+/m01/s1. The first kappa shape index (κ1) is 30.9. The summed E-state index contributed by atoms with van der Waals surface area (Å²) in [5.41, 5.74) is 13.1. The Bertz CT molecular complexity index is 1120. The fourth-order valence-corrected chi connectivity index (χ4v) is 13.6. The third-order valence-electron chi connectivity index (χ3n) is 16.4. The average Bonchev–Trinajstić information content (AvgIpc) is 3.45. The van der Waals surface area contributed by atoms with E-state index in [4.69, 9.17) is 11.5 Å². The van der Waals surface area contributed by atoms with Crippen molar-refractivity contribution in [2.45, 2.75) is 142 Å². The highest BCUT2D eigenvalue weighted by Gasteiger charge is 2.62. The molecular weight excluding hydrogens is 532 g/mol. The molecule has 0 aromatic rings. The van der Waals surface area contributed by atoms with Crippen molar-refractivity contribution >= 4 is 0 Å². The fourth-order valence-electron chi connectivity index (χ4n) is 13.6. The van der Waals surface area contributed by atoms with E-state index in [0.717, 1.165) is 68.6 Å². The summed E-state index contributed by atoms with van der Waals surface area (Å²) in [6, 6.07) is 0.436. The molecule has 0 saturated heterocycles. The van der Waals surface area contributed by atoms with Crippen LogP contribution >= 0.6 is 0 Å². The number of hydrogen-bond acceptors (Lipinski definition) is 5. The van der Waals surface area contributed by atoms with E-state index in [0.29, 0.717) is 29.1 Å². The molecule has 0 spiro atoms. The predicted octanol–water partition coefficient (Wildman–Crippen LogP) is 5.96. The highest BCUT2D eigenvalue weighted by molar-refractivity contribution is 5.20. The zero-order valence-corrected chi connectivity index (χ0v) is 27.5. The van der Waals surface area contributed by atoms with Crippen LogP contribution in [0.5, 0.6) is 0 Å².